The van der Waals surface area contributed by atoms with E-state index in [0.717, 1.165) is 39.3 Å². The molecule has 3 heterocycles. The molecule has 3 aliphatic heterocycles. The fraction of sp³-hybridized carbons (Fsp3) is 0.923. The lowest BCUT2D eigenvalue weighted by atomic mass is 9.76. The van der Waals surface area contributed by atoms with Gasteiger partial charge in [0.05, 0.1) is 32.0 Å². The number of morpholine rings is 1. The Balaban J connectivity index is 1.59. The summed E-state index contributed by atoms with van der Waals surface area (Å²) >= 11 is 0. The standard InChI is InChI=1S/C13H23N3O2/c1-13(8-10-2-3-11(13)18-10)9-15-12(14)16-4-6-17-7-5-16/h10-11H,2-9H2,1H3,(H2,14,15). The Bertz CT molecular complexity index is 341. The van der Waals surface area contributed by atoms with Crippen molar-refractivity contribution in [3.05, 3.63) is 0 Å². The third-order valence-corrected chi connectivity index (χ3v) is 4.52. The van der Waals surface area contributed by atoms with Gasteiger partial charge in [0.15, 0.2) is 5.96 Å². The predicted molar refractivity (Wildman–Crippen MR) is 69.5 cm³/mol. The molecule has 3 fully saturated rings. The maximum atomic E-state index is 6.06. The molecule has 0 amide bonds. The number of guanidine groups is 1. The lowest BCUT2D eigenvalue weighted by molar-refractivity contribution is 0.0654. The Labute approximate surface area is 108 Å². The molecule has 0 saturated carbocycles. The van der Waals surface area contributed by atoms with Gasteiger partial charge in [-0.2, -0.15) is 0 Å². The van der Waals surface area contributed by atoms with Crippen LogP contribution in [-0.2, 0) is 9.47 Å². The van der Waals surface area contributed by atoms with E-state index in [4.69, 9.17) is 15.2 Å². The normalized spacial score (nSPS) is 40.5. The molecule has 3 atom stereocenters. The molecule has 0 aromatic heterocycles. The van der Waals surface area contributed by atoms with E-state index < -0.39 is 0 Å². The minimum atomic E-state index is 0.194. The molecule has 0 aromatic carbocycles. The van der Waals surface area contributed by atoms with Gasteiger partial charge in [0, 0.05) is 18.5 Å². The Kier molecular flexibility index (Phi) is 3.20. The molecule has 0 radical (unpaired) electrons. The van der Waals surface area contributed by atoms with Crippen molar-refractivity contribution in [1.82, 2.24) is 4.90 Å². The van der Waals surface area contributed by atoms with E-state index in [2.05, 4.69) is 16.8 Å². The van der Waals surface area contributed by atoms with Gasteiger partial charge >= 0.3 is 0 Å². The summed E-state index contributed by atoms with van der Waals surface area (Å²) in [6, 6.07) is 0. The third kappa shape index (κ3) is 2.21. The molecule has 0 aliphatic carbocycles. The molecule has 3 aliphatic rings. The molecule has 3 rings (SSSR count). The average Bonchev–Trinajstić information content (AvgIpc) is 2.97. The van der Waals surface area contributed by atoms with Crippen molar-refractivity contribution in [3.8, 4) is 0 Å². The van der Waals surface area contributed by atoms with Gasteiger partial charge in [0.1, 0.15) is 0 Å². The maximum absolute atomic E-state index is 6.06. The van der Waals surface area contributed by atoms with Crippen LogP contribution < -0.4 is 5.73 Å². The smallest absolute Gasteiger partial charge is 0.191 e. The fourth-order valence-corrected chi connectivity index (χ4v) is 3.34. The second kappa shape index (κ2) is 4.70. The van der Waals surface area contributed by atoms with Gasteiger partial charge < -0.3 is 20.1 Å². The van der Waals surface area contributed by atoms with E-state index in [1.165, 1.54) is 12.8 Å². The van der Waals surface area contributed by atoms with Crippen molar-refractivity contribution in [2.75, 3.05) is 32.8 Å². The van der Waals surface area contributed by atoms with Crippen LogP contribution >= 0.6 is 0 Å². The average molecular weight is 253 g/mol. The molecule has 18 heavy (non-hydrogen) atoms. The van der Waals surface area contributed by atoms with Gasteiger partial charge in [-0.15, -0.1) is 0 Å². The Morgan fingerprint density at radius 2 is 2.17 bits per heavy atom. The topological polar surface area (TPSA) is 60.1 Å². The number of hydrogen-bond donors (Lipinski definition) is 1. The highest BCUT2D eigenvalue weighted by Gasteiger charge is 2.49. The second-order valence-electron chi connectivity index (χ2n) is 5.96. The van der Waals surface area contributed by atoms with Crippen LogP contribution in [0.25, 0.3) is 0 Å². The highest BCUT2D eigenvalue weighted by atomic mass is 16.5. The summed E-state index contributed by atoms with van der Waals surface area (Å²) in [5.41, 5.74) is 6.26. The summed E-state index contributed by atoms with van der Waals surface area (Å²) in [7, 11) is 0. The van der Waals surface area contributed by atoms with Gasteiger partial charge in [0.25, 0.3) is 0 Å². The highest BCUT2D eigenvalue weighted by Crippen LogP contribution is 2.47. The van der Waals surface area contributed by atoms with E-state index in [-0.39, 0.29) is 5.41 Å². The zero-order valence-corrected chi connectivity index (χ0v) is 11.1. The maximum Gasteiger partial charge on any atom is 0.191 e. The molecular formula is C13H23N3O2. The van der Waals surface area contributed by atoms with E-state index in [0.29, 0.717) is 18.2 Å². The second-order valence-corrected chi connectivity index (χ2v) is 5.96. The quantitative estimate of drug-likeness (QED) is 0.578. The molecule has 0 aromatic rings. The summed E-state index contributed by atoms with van der Waals surface area (Å²) < 4.78 is 11.2. The first-order valence-electron chi connectivity index (χ1n) is 6.95. The molecule has 3 unspecified atom stereocenters. The number of rotatable bonds is 2. The number of aliphatic imine (C=N–C) groups is 1. The molecule has 0 spiro atoms. The van der Waals surface area contributed by atoms with E-state index in [1.54, 1.807) is 0 Å². The van der Waals surface area contributed by atoms with Gasteiger partial charge in [-0.3, -0.25) is 4.99 Å². The van der Waals surface area contributed by atoms with Crippen LogP contribution in [-0.4, -0.2) is 55.9 Å². The van der Waals surface area contributed by atoms with Gasteiger partial charge in [-0.1, -0.05) is 6.92 Å². The highest BCUT2D eigenvalue weighted by molar-refractivity contribution is 5.78. The molecular weight excluding hydrogens is 230 g/mol. The Hall–Kier alpha value is -0.810. The summed E-state index contributed by atoms with van der Waals surface area (Å²) in [5, 5.41) is 0. The molecule has 5 nitrogen and oxygen atoms in total. The number of fused-ring (bicyclic) bond motifs is 2. The lowest BCUT2D eigenvalue weighted by Crippen LogP contribution is -2.45. The van der Waals surface area contributed by atoms with Crippen molar-refractivity contribution < 1.29 is 9.47 Å². The van der Waals surface area contributed by atoms with Gasteiger partial charge in [-0.05, 0) is 19.3 Å². The number of nitrogens with two attached hydrogens (primary N) is 1. The zero-order valence-electron chi connectivity index (χ0n) is 11.1. The summed E-state index contributed by atoms with van der Waals surface area (Å²) in [6.07, 6.45) is 4.41. The van der Waals surface area contributed by atoms with Gasteiger partial charge in [-0.25, -0.2) is 0 Å². The van der Waals surface area contributed by atoms with Crippen molar-refractivity contribution in [1.29, 1.82) is 0 Å². The minimum Gasteiger partial charge on any atom is -0.378 e. The molecule has 5 heteroatoms. The number of nitrogens with zero attached hydrogens (tertiary/aromatic N) is 2. The van der Waals surface area contributed by atoms with Crippen LogP contribution in [0.4, 0.5) is 0 Å². The van der Waals surface area contributed by atoms with Crippen LogP contribution in [0.3, 0.4) is 0 Å². The van der Waals surface area contributed by atoms with Crippen LogP contribution in [0.1, 0.15) is 26.2 Å². The first-order valence-corrected chi connectivity index (χ1v) is 6.95. The number of ether oxygens (including phenoxy) is 2. The van der Waals surface area contributed by atoms with Crippen LogP contribution in [0.2, 0.25) is 0 Å². The van der Waals surface area contributed by atoms with E-state index in [1.807, 2.05) is 0 Å². The predicted octanol–water partition coefficient (Wildman–Crippen LogP) is 0.591. The Morgan fingerprint density at radius 3 is 2.78 bits per heavy atom. The summed E-state index contributed by atoms with van der Waals surface area (Å²) in [4.78, 5) is 6.72. The van der Waals surface area contributed by atoms with Crippen LogP contribution in [0, 0.1) is 5.41 Å². The molecule has 3 saturated heterocycles. The van der Waals surface area contributed by atoms with Crippen LogP contribution in [0.15, 0.2) is 4.99 Å². The van der Waals surface area contributed by atoms with E-state index >= 15 is 0 Å². The number of hydrogen-bond acceptors (Lipinski definition) is 3. The van der Waals surface area contributed by atoms with Crippen molar-refractivity contribution in [2.24, 2.45) is 16.1 Å². The first-order chi connectivity index (χ1) is 8.67. The Morgan fingerprint density at radius 1 is 1.39 bits per heavy atom. The molecule has 2 N–H and O–H groups in total. The minimum absolute atomic E-state index is 0.194. The van der Waals surface area contributed by atoms with Crippen molar-refractivity contribution >= 4 is 5.96 Å². The third-order valence-electron chi connectivity index (χ3n) is 4.52. The molecule has 2 bridgehead atoms. The molecule has 102 valence electrons. The van der Waals surface area contributed by atoms with Gasteiger partial charge in [0.2, 0.25) is 0 Å². The lowest BCUT2D eigenvalue weighted by Gasteiger charge is -2.31. The zero-order chi connectivity index (χ0) is 12.6. The largest absolute Gasteiger partial charge is 0.378 e. The monoisotopic (exact) mass is 253 g/mol. The first kappa shape index (κ1) is 12.2. The van der Waals surface area contributed by atoms with E-state index in [9.17, 15) is 0 Å². The SMILES string of the molecule is CC1(CN=C(N)N2CCOCC2)CC2CCC1O2. The fourth-order valence-electron chi connectivity index (χ4n) is 3.34. The summed E-state index contributed by atoms with van der Waals surface area (Å²) in [5.74, 6) is 0.669. The van der Waals surface area contributed by atoms with Crippen molar-refractivity contribution in [3.63, 3.8) is 0 Å². The summed E-state index contributed by atoms with van der Waals surface area (Å²) in [6.45, 7) is 6.29. The van der Waals surface area contributed by atoms with Crippen molar-refractivity contribution in [2.45, 2.75) is 38.4 Å². The van der Waals surface area contributed by atoms with Crippen LogP contribution in [0.5, 0.6) is 0 Å².